The number of esters is 1. The molecule has 0 heterocycles. The Labute approximate surface area is 171 Å². The van der Waals surface area contributed by atoms with E-state index >= 15 is 0 Å². The van der Waals surface area contributed by atoms with Gasteiger partial charge in [-0.1, -0.05) is 102 Å². The van der Waals surface area contributed by atoms with Crippen LogP contribution in [-0.4, -0.2) is 12.6 Å². The molecule has 2 aromatic carbocycles. The fraction of sp³-hybridized carbons (Fsp3) is 0.500. The molecule has 2 aromatic rings. The summed E-state index contributed by atoms with van der Waals surface area (Å²) in [6.45, 7) is 7.25. The summed E-state index contributed by atoms with van der Waals surface area (Å²) in [4.78, 5) is 12.6. The van der Waals surface area contributed by atoms with Crippen molar-refractivity contribution in [2.75, 3.05) is 6.61 Å². The normalized spacial score (nSPS) is 13.1. The molecule has 2 nitrogen and oxygen atoms in total. The van der Waals surface area contributed by atoms with E-state index in [9.17, 15) is 4.79 Å². The van der Waals surface area contributed by atoms with E-state index in [4.69, 9.17) is 4.74 Å². The van der Waals surface area contributed by atoms with Crippen LogP contribution in [0.5, 0.6) is 0 Å². The Morgan fingerprint density at radius 3 is 2.04 bits per heavy atom. The fourth-order valence-electron chi connectivity index (χ4n) is 3.60. The maximum absolute atomic E-state index is 12.6. The van der Waals surface area contributed by atoms with Gasteiger partial charge in [0.2, 0.25) is 0 Å². The van der Waals surface area contributed by atoms with Crippen molar-refractivity contribution in [2.24, 2.45) is 5.41 Å². The number of benzene rings is 2. The predicted octanol–water partition coefficient (Wildman–Crippen LogP) is 7.68. The molecule has 0 radical (unpaired) electrons. The maximum atomic E-state index is 12.6. The minimum Gasteiger partial charge on any atom is -0.462 e. The van der Waals surface area contributed by atoms with Crippen molar-refractivity contribution >= 4 is 5.97 Å². The summed E-state index contributed by atoms with van der Waals surface area (Å²) in [7, 11) is 0. The monoisotopic (exact) mass is 380 g/mol. The Hall–Kier alpha value is -2.09. The molecule has 0 aliphatic rings. The average Bonchev–Trinajstić information content (AvgIpc) is 2.74. The Morgan fingerprint density at radius 2 is 1.39 bits per heavy atom. The van der Waals surface area contributed by atoms with Crippen molar-refractivity contribution in [2.45, 2.75) is 72.1 Å². The van der Waals surface area contributed by atoms with E-state index < -0.39 is 0 Å². The van der Waals surface area contributed by atoms with Gasteiger partial charge in [-0.2, -0.15) is 0 Å². The Bertz CT molecular complexity index is 690. The van der Waals surface area contributed by atoms with Gasteiger partial charge in [0, 0.05) is 5.41 Å². The van der Waals surface area contributed by atoms with Crippen molar-refractivity contribution in [1.29, 1.82) is 0 Å². The highest BCUT2D eigenvalue weighted by Crippen LogP contribution is 2.32. The molecule has 2 heteroatoms. The van der Waals surface area contributed by atoms with Crippen molar-refractivity contribution in [3.8, 4) is 11.1 Å². The highest BCUT2D eigenvalue weighted by molar-refractivity contribution is 5.90. The smallest absolute Gasteiger partial charge is 0.338 e. The van der Waals surface area contributed by atoms with Crippen LogP contribution in [0.25, 0.3) is 11.1 Å². The summed E-state index contributed by atoms with van der Waals surface area (Å²) in [6.07, 6.45) is 9.65. The summed E-state index contributed by atoms with van der Waals surface area (Å²) in [5, 5.41) is 0. The molecule has 28 heavy (non-hydrogen) atoms. The number of ether oxygens (including phenoxy) is 1. The number of carbonyl (C=O) groups excluding carboxylic acids is 1. The lowest BCUT2D eigenvalue weighted by molar-refractivity contribution is 0.0265. The molecular formula is C26H36O2. The predicted molar refractivity (Wildman–Crippen MR) is 119 cm³/mol. The molecule has 0 N–H and O–H groups in total. The van der Waals surface area contributed by atoms with Crippen LogP contribution >= 0.6 is 0 Å². The molecule has 2 rings (SSSR count). The number of hydrogen-bond donors (Lipinski definition) is 0. The highest BCUT2D eigenvalue weighted by Gasteiger charge is 2.25. The minimum absolute atomic E-state index is 0.0867. The molecule has 0 fully saturated rings. The second-order valence-electron chi connectivity index (χ2n) is 8.24. The number of hydrogen-bond acceptors (Lipinski definition) is 2. The molecule has 1 atom stereocenters. The summed E-state index contributed by atoms with van der Waals surface area (Å²) in [6, 6.07) is 17.9. The minimum atomic E-state index is -0.212. The summed E-state index contributed by atoms with van der Waals surface area (Å²) >= 11 is 0. The maximum Gasteiger partial charge on any atom is 0.338 e. The van der Waals surface area contributed by atoms with Crippen LogP contribution < -0.4 is 0 Å². The second-order valence-corrected chi connectivity index (χ2v) is 8.24. The first-order valence-corrected chi connectivity index (χ1v) is 10.9. The van der Waals surface area contributed by atoms with Gasteiger partial charge in [-0.15, -0.1) is 0 Å². The summed E-state index contributed by atoms with van der Waals surface area (Å²) < 4.78 is 5.75. The SMILES string of the molecule is CCCCCCC(C)(CCCC)COC(=O)c1ccc(-c2ccccc2)cc1. The summed E-state index contributed by atoms with van der Waals surface area (Å²) in [5.74, 6) is -0.212. The van der Waals surface area contributed by atoms with Crippen LogP contribution in [0.2, 0.25) is 0 Å². The van der Waals surface area contributed by atoms with Gasteiger partial charge in [-0.05, 0) is 36.1 Å². The van der Waals surface area contributed by atoms with E-state index in [2.05, 4.69) is 32.9 Å². The molecule has 0 aliphatic heterocycles. The second kappa shape index (κ2) is 11.7. The largest absolute Gasteiger partial charge is 0.462 e. The van der Waals surface area contributed by atoms with E-state index in [0.29, 0.717) is 12.2 Å². The lowest BCUT2D eigenvalue weighted by Gasteiger charge is -2.29. The zero-order chi connectivity index (χ0) is 20.2. The molecule has 0 spiro atoms. The zero-order valence-electron chi connectivity index (χ0n) is 17.9. The van der Waals surface area contributed by atoms with Gasteiger partial charge >= 0.3 is 5.97 Å². The first-order chi connectivity index (χ1) is 13.6. The van der Waals surface area contributed by atoms with Gasteiger partial charge in [-0.3, -0.25) is 0 Å². The van der Waals surface area contributed by atoms with Crippen LogP contribution in [0.15, 0.2) is 54.6 Å². The molecule has 0 saturated carbocycles. The molecule has 1 unspecified atom stereocenters. The van der Waals surface area contributed by atoms with E-state index in [1.807, 2.05) is 42.5 Å². The van der Waals surface area contributed by atoms with E-state index in [0.717, 1.165) is 24.0 Å². The third-order valence-electron chi connectivity index (χ3n) is 5.55. The fourth-order valence-corrected chi connectivity index (χ4v) is 3.60. The lowest BCUT2D eigenvalue weighted by Crippen LogP contribution is -2.25. The van der Waals surface area contributed by atoms with Crippen LogP contribution in [-0.2, 0) is 4.74 Å². The first-order valence-electron chi connectivity index (χ1n) is 10.9. The van der Waals surface area contributed by atoms with Crippen molar-refractivity contribution in [3.63, 3.8) is 0 Å². The van der Waals surface area contributed by atoms with Crippen LogP contribution in [0.1, 0.15) is 82.5 Å². The molecule has 0 aliphatic carbocycles. The first kappa shape index (κ1) is 22.2. The topological polar surface area (TPSA) is 26.3 Å². The van der Waals surface area contributed by atoms with Crippen LogP contribution in [0.3, 0.4) is 0 Å². The van der Waals surface area contributed by atoms with Gasteiger partial charge < -0.3 is 4.74 Å². The quantitative estimate of drug-likeness (QED) is 0.279. The molecule has 0 saturated heterocycles. The molecule has 0 amide bonds. The molecule has 152 valence electrons. The lowest BCUT2D eigenvalue weighted by atomic mass is 9.80. The Morgan fingerprint density at radius 1 is 0.786 bits per heavy atom. The highest BCUT2D eigenvalue weighted by atomic mass is 16.5. The van der Waals surface area contributed by atoms with Crippen LogP contribution in [0, 0.1) is 5.41 Å². The molecule has 0 aromatic heterocycles. The van der Waals surface area contributed by atoms with Gasteiger partial charge in [0.05, 0.1) is 12.2 Å². The average molecular weight is 381 g/mol. The van der Waals surface area contributed by atoms with Gasteiger partial charge in [0.1, 0.15) is 0 Å². The summed E-state index contributed by atoms with van der Waals surface area (Å²) in [5.41, 5.74) is 2.98. The standard InChI is InChI=1S/C26H36O2/c1-4-6-8-12-20-26(3,19-7-5-2)21-28-25(27)24-17-15-23(16-18-24)22-13-10-9-11-14-22/h9-11,13-18H,4-8,12,19-21H2,1-3H3. The van der Waals surface area contributed by atoms with Crippen molar-refractivity contribution in [1.82, 2.24) is 0 Å². The van der Waals surface area contributed by atoms with E-state index in [1.165, 1.54) is 38.5 Å². The molecular weight excluding hydrogens is 344 g/mol. The Kier molecular flexibility index (Phi) is 9.27. The van der Waals surface area contributed by atoms with E-state index in [1.54, 1.807) is 0 Å². The number of carbonyl (C=O) groups is 1. The molecule has 0 bridgehead atoms. The van der Waals surface area contributed by atoms with Crippen LogP contribution in [0.4, 0.5) is 0 Å². The van der Waals surface area contributed by atoms with Gasteiger partial charge in [0.25, 0.3) is 0 Å². The third-order valence-corrected chi connectivity index (χ3v) is 5.55. The third kappa shape index (κ3) is 7.14. The number of rotatable bonds is 12. The Balaban J connectivity index is 1.93. The van der Waals surface area contributed by atoms with Crippen molar-refractivity contribution in [3.05, 3.63) is 60.2 Å². The van der Waals surface area contributed by atoms with Gasteiger partial charge in [-0.25, -0.2) is 4.79 Å². The number of unbranched alkanes of at least 4 members (excludes halogenated alkanes) is 4. The zero-order valence-corrected chi connectivity index (χ0v) is 17.9. The van der Waals surface area contributed by atoms with Crippen molar-refractivity contribution < 1.29 is 9.53 Å². The van der Waals surface area contributed by atoms with Gasteiger partial charge in [0.15, 0.2) is 0 Å². The van der Waals surface area contributed by atoms with E-state index in [-0.39, 0.29) is 11.4 Å².